The Labute approximate surface area is 194 Å². The van der Waals surface area contributed by atoms with Crippen LogP contribution in [-0.2, 0) is 4.79 Å². The molecule has 1 aliphatic rings. The molecule has 0 bridgehead atoms. The van der Waals surface area contributed by atoms with Crippen molar-refractivity contribution < 1.29 is 14.3 Å². The Morgan fingerprint density at radius 3 is 2.27 bits per heavy atom. The van der Waals surface area contributed by atoms with E-state index in [0.717, 1.165) is 54.5 Å². The molecule has 33 heavy (non-hydrogen) atoms. The molecule has 4 rings (SSSR count). The second kappa shape index (κ2) is 11.3. The summed E-state index contributed by atoms with van der Waals surface area (Å²) in [5, 5.41) is 11.8. The summed E-state index contributed by atoms with van der Waals surface area (Å²) in [6.07, 6.45) is 1.60. The third-order valence-electron chi connectivity index (χ3n) is 5.71. The maximum Gasteiger partial charge on any atom is 0.223 e. The molecule has 1 amide bonds. The Bertz CT molecular complexity index is 1000. The summed E-state index contributed by atoms with van der Waals surface area (Å²) in [6.45, 7) is 5.09. The van der Waals surface area contributed by atoms with E-state index in [1.807, 2.05) is 73.7 Å². The minimum Gasteiger partial charge on any atom is -0.494 e. The molecule has 1 aliphatic heterocycles. The number of piperidine rings is 1. The largest absolute Gasteiger partial charge is 0.494 e. The van der Waals surface area contributed by atoms with Gasteiger partial charge in [0, 0.05) is 24.6 Å². The first-order chi connectivity index (χ1) is 16.2. The maximum absolute atomic E-state index is 12.5. The molecular formula is C26H30N4O3. The molecule has 1 aromatic heterocycles. The number of carbonyl (C=O) groups excluding carboxylic acids is 1. The van der Waals surface area contributed by atoms with Gasteiger partial charge in [-0.1, -0.05) is 30.3 Å². The fraction of sp³-hybridized carbons (Fsp3) is 0.346. The van der Waals surface area contributed by atoms with Gasteiger partial charge in [-0.05, 0) is 56.2 Å². The van der Waals surface area contributed by atoms with Gasteiger partial charge in [-0.3, -0.25) is 4.79 Å². The molecule has 1 N–H and O–H groups in total. The highest BCUT2D eigenvalue weighted by atomic mass is 16.5. The van der Waals surface area contributed by atoms with E-state index < -0.39 is 0 Å². The molecule has 2 aromatic carbocycles. The molecular weight excluding hydrogens is 416 g/mol. The van der Waals surface area contributed by atoms with Crippen LogP contribution in [0.3, 0.4) is 0 Å². The smallest absolute Gasteiger partial charge is 0.223 e. The average molecular weight is 447 g/mol. The van der Waals surface area contributed by atoms with Crippen LogP contribution in [0.15, 0.2) is 66.7 Å². The SMILES string of the molecule is CCOc1ccc(OCCNC(=O)C2CCN(c3ccc(-c4ccccc4)nn3)CC2)cc1. The Morgan fingerprint density at radius 2 is 1.64 bits per heavy atom. The lowest BCUT2D eigenvalue weighted by Crippen LogP contribution is -2.41. The molecule has 0 unspecified atom stereocenters. The van der Waals surface area contributed by atoms with Crippen LogP contribution in [0.5, 0.6) is 11.5 Å². The van der Waals surface area contributed by atoms with Crippen molar-refractivity contribution in [2.75, 3.05) is 37.7 Å². The van der Waals surface area contributed by atoms with Crippen LogP contribution in [0, 0.1) is 5.92 Å². The first-order valence-electron chi connectivity index (χ1n) is 11.5. The van der Waals surface area contributed by atoms with Crippen LogP contribution in [-0.4, -0.2) is 49.0 Å². The fourth-order valence-corrected chi connectivity index (χ4v) is 3.91. The topological polar surface area (TPSA) is 76.6 Å². The lowest BCUT2D eigenvalue weighted by Gasteiger charge is -2.31. The molecule has 172 valence electrons. The van der Waals surface area contributed by atoms with E-state index in [9.17, 15) is 4.79 Å². The number of hydrogen-bond donors (Lipinski definition) is 1. The molecule has 2 heterocycles. The predicted molar refractivity (Wildman–Crippen MR) is 129 cm³/mol. The van der Waals surface area contributed by atoms with E-state index in [1.54, 1.807) is 0 Å². The number of aromatic nitrogens is 2. The molecule has 0 radical (unpaired) electrons. The molecule has 0 spiro atoms. The molecule has 0 aliphatic carbocycles. The summed E-state index contributed by atoms with van der Waals surface area (Å²) in [6, 6.07) is 21.5. The van der Waals surface area contributed by atoms with Crippen LogP contribution in [0.4, 0.5) is 5.82 Å². The maximum atomic E-state index is 12.5. The Balaban J connectivity index is 1.17. The minimum absolute atomic E-state index is 0.0169. The van der Waals surface area contributed by atoms with E-state index in [4.69, 9.17) is 9.47 Å². The van der Waals surface area contributed by atoms with Crippen LogP contribution < -0.4 is 19.7 Å². The number of anilines is 1. The molecule has 3 aromatic rings. The van der Waals surface area contributed by atoms with Gasteiger partial charge in [0.2, 0.25) is 5.91 Å². The highest BCUT2D eigenvalue weighted by Crippen LogP contribution is 2.23. The van der Waals surface area contributed by atoms with Crippen molar-refractivity contribution in [3.8, 4) is 22.8 Å². The zero-order valence-electron chi connectivity index (χ0n) is 18.9. The van der Waals surface area contributed by atoms with Gasteiger partial charge in [0.15, 0.2) is 5.82 Å². The summed E-state index contributed by atoms with van der Waals surface area (Å²) in [5.41, 5.74) is 1.92. The quantitative estimate of drug-likeness (QED) is 0.502. The Hall–Kier alpha value is -3.61. The molecule has 0 atom stereocenters. The normalized spacial score (nSPS) is 14.0. The Morgan fingerprint density at radius 1 is 0.939 bits per heavy atom. The number of rotatable bonds is 9. The predicted octanol–water partition coefficient (Wildman–Crippen LogP) is 3.95. The van der Waals surface area contributed by atoms with Gasteiger partial charge in [-0.2, -0.15) is 0 Å². The van der Waals surface area contributed by atoms with E-state index in [0.29, 0.717) is 19.8 Å². The zero-order chi connectivity index (χ0) is 22.9. The van der Waals surface area contributed by atoms with Crippen molar-refractivity contribution in [2.24, 2.45) is 5.92 Å². The minimum atomic E-state index is 0.0169. The Kier molecular flexibility index (Phi) is 7.74. The van der Waals surface area contributed by atoms with E-state index in [-0.39, 0.29) is 11.8 Å². The number of nitrogens with zero attached hydrogens (tertiary/aromatic N) is 3. The molecule has 7 nitrogen and oxygen atoms in total. The number of ether oxygens (including phenoxy) is 2. The average Bonchev–Trinajstić information content (AvgIpc) is 2.88. The summed E-state index contributed by atoms with van der Waals surface area (Å²) in [5.74, 6) is 2.55. The van der Waals surface area contributed by atoms with Gasteiger partial charge in [-0.25, -0.2) is 0 Å². The monoisotopic (exact) mass is 446 g/mol. The lowest BCUT2D eigenvalue weighted by molar-refractivity contribution is -0.125. The number of benzene rings is 2. The van der Waals surface area contributed by atoms with Crippen molar-refractivity contribution in [3.63, 3.8) is 0 Å². The van der Waals surface area contributed by atoms with Crippen molar-refractivity contribution >= 4 is 11.7 Å². The van der Waals surface area contributed by atoms with Crippen molar-refractivity contribution in [2.45, 2.75) is 19.8 Å². The van der Waals surface area contributed by atoms with Crippen LogP contribution in [0.25, 0.3) is 11.3 Å². The highest BCUT2D eigenvalue weighted by molar-refractivity contribution is 5.79. The van der Waals surface area contributed by atoms with Gasteiger partial charge in [0.25, 0.3) is 0 Å². The number of nitrogens with one attached hydrogen (secondary N) is 1. The lowest BCUT2D eigenvalue weighted by atomic mass is 9.96. The van der Waals surface area contributed by atoms with Gasteiger partial charge >= 0.3 is 0 Å². The summed E-state index contributed by atoms with van der Waals surface area (Å²) >= 11 is 0. The number of hydrogen-bond acceptors (Lipinski definition) is 6. The van der Waals surface area contributed by atoms with Gasteiger partial charge in [-0.15, -0.1) is 10.2 Å². The van der Waals surface area contributed by atoms with Gasteiger partial charge in [0.05, 0.1) is 18.8 Å². The summed E-state index contributed by atoms with van der Waals surface area (Å²) in [7, 11) is 0. The van der Waals surface area contributed by atoms with Crippen LogP contribution in [0.1, 0.15) is 19.8 Å². The van der Waals surface area contributed by atoms with Gasteiger partial charge < -0.3 is 19.7 Å². The van der Waals surface area contributed by atoms with E-state index in [2.05, 4.69) is 20.4 Å². The standard InChI is InChI=1S/C26H30N4O3/c1-2-32-22-8-10-23(11-9-22)33-19-16-27-26(31)21-14-17-30(18-15-21)25-13-12-24(28-29-25)20-6-4-3-5-7-20/h3-13,21H,2,14-19H2,1H3,(H,27,31). The zero-order valence-corrected chi connectivity index (χ0v) is 18.9. The van der Waals surface area contributed by atoms with Crippen molar-refractivity contribution in [3.05, 3.63) is 66.7 Å². The third kappa shape index (κ3) is 6.22. The van der Waals surface area contributed by atoms with Gasteiger partial charge in [0.1, 0.15) is 18.1 Å². The number of carbonyl (C=O) groups is 1. The second-order valence-electron chi connectivity index (χ2n) is 7.95. The summed E-state index contributed by atoms with van der Waals surface area (Å²) in [4.78, 5) is 14.7. The van der Waals surface area contributed by atoms with Crippen LogP contribution >= 0.6 is 0 Å². The van der Waals surface area contributed by atoms with Crippen LogP contribution in [0.2, 0.25) is 0 Å². The molecule has 1 fully saturated rings. The second-order valence-corrected chi connectivity index (χ2v) is 7.95. The van der Waals surface area contributed by atoms with E-state index >= 15 is 0 Å². The fourth-order valence-electron chi connectivity index (χ4n) is 3.91. The molecule has 1 saturated heterocycles. The summed E-state index contributed by atoms with van der Waals surface area (Å²) < 4.78 is 11.1. The third-order valence-corrected chi connectivity index (χ3v) is 5.71. The molecule has 0 saturated carbocycles. The van der Waals surface area contributed by atoms with E-state index in [1.165, 1.54) is 0 Å². The first-order valence-corrected chi connectivity index (χ1v) is 11.5. The van der Waals surface area contributed by atoms with Crippen molar-refractivity contribution in [1.29, 1.82) is 0 Å². The molecule has 7 heteroatoms. The van der Waals surface area contributed by atoms with Crippen molar-refractivity contribution in [1.82, 2.24) is 15.5 Å². The highest BCUT2D eigenvalue weighted by Gasteiger charge is 2.25. The first kappa shape index (κ1) is 22.6. The number of amides is 1.